The fourth-order valence-electron chi connectivity index (χ4n) is 1.94. The minimum absolute atomic E-state index is 0.0314. The van der Waals surface area contributed by atoms with Crippen molar-refractivity contribution in [3.63, 3.8) is 0 Å². The lowest BCUT2D eigenvalue weighted by Gasteiger charge is -2.19. The largest absolute Gasteiger partial charge is 0.481 e. The van der Waals surface area contributed by atoms with E-state index in [2.05, 4.69) is 5.32 Å². The summed E-state index contributed by atoms with van der Waals surface area (Å²) in [7, 11) is 1.81. The molecule has 0 bridgehead atoms. The first-order valence-corrected chi connectivity index (χ1v) is 6.73. The number of carboxylic acid groups (broad SMARTS) is 1. The second-order valence-electron chi connectivity index (χ2n) is 4.93. The summed E-state index contributed by atoms with van der Waals surface area (Å²) in [6.07, 6.45) is 0.680. The van der Waals surface area contributed by atoms with Gasteiger partial charge >= 0.3 is 5.97 Å². The standard InChI is InChI=1S/C15H22N2O3/c1-12(13-7-4-3-5-8-13)16-14(18)11-17(2)10-6-9-15(19)20/h3-5,7-8,12H,6,9-11H2,1-2H3,(H,16,18)(H,19,20). The monoisotopic (exact) mass is 278 g/mol. The molecule has 0 saturated heterocycles. The molecule has 0 aliphatic heterocycles. The van der Waals surface area contributed by atoms with Crippen LogP contribution in [0.5, 0.6) is 0 Å². The van der Waals surface area contributed by atoms with E-state index in [1.807, 2.05) is 49.2 Å². The number of hydrogen-bond donors (Lipinski definition) is 2. The molecule has 20 heavy (non-hydrogen) atoms. The van der Waals surface area contributed by atoms with Crippen LogP contribution < -0.4 is 5.32 Å². The van der Waals surface area contributed by atoms with Crippen LogP contribution in [0.15, 0.2) is 30.3 Å². The van der Waals surface area contributed by atoms with Crippen molar-refractivity contribution in [3.8, 4) is 0 Å². The van der Waals surface area contributed by atoms with Gasteiger partial charge in [-0.1, -0.05) is 30.3 Å². The van der Waals surface area contributed by atoms with Gasteiger partial charge in [-0.25, -0.2) is 0 Å². The number of carbonyl (C=O) groups is 2. The van der Waals surface area contributed by atoms with Crippen molar-refractivity contribution in [2.45, 2.75) is 25.8 Å². The Morgan fingerprint density at radius 3 is 2.55 bits per heavy atom. The van der Waals surface area contributed by atoms with Gasteiger partial charge in [0, 0.05) is 6.42 Å². The molecule has 0 spiro atoms. The zero-order valence-electron chi connectivity index (χ0n) is 12.0. The number of amides is 1. The Bertz CT molecular complexity index is 434. The number of carbonyl (C=O) groups excluding carboxylic acids is 1. The topological polar surface area (TPSA) is 69.6 Å². The van der Waals surface area contributed by atoms with Gasteiger partial charge in [0.25, 0.3) is 0 Å². The maximum Gasteiger partial charge on any atom is 0.303 e. The Labute approximate surface area is 119 Å². The molecule has 1 aromatic rings. The van der Waals surface area contributed by atoms with Crippen LogP contribution in [-0.2, 0) is 9.59 Å². The number of nitrogens with one attached hydrogen (secondary N) is 1. The fourth-order valence-corrected chi connectivity index (χ4v) is 1.94. The Balaban J connectivity index is 2.30. The number of nitrogens with zero attached hydrogens (tertiary/aromatic N) is 1. The van der Waals surface area contributed by atoms with E-state index in [4.69, 9.17) is 5.11 Å². The molecule has 0 aliphatic rings. The van der Waals surface area contributed by atoms with Crippen molar-refractivity contribution >= 4 is 11.9 Å². The summed E-state index contributed by atoms with van der Waals surface area (Å²) in [4.78, 5) is 24.1. The SMILES string of the molecule is CC(NC(=O)CN(C)CCCC(=O)O)c1ccccc1. The predicted molar refractivity (Wildman–Crippen MR) is 77.4 cm³/mol. The van der Waals surface area contributed by atoms with Gasteiger partial charge < -0.3 is 10.4 Å². The van der Waals surface area contributed by atoms with Crippen LogP contribution in [0.3, 0.4) is 0 Å². The molecule has 0 fully saturated rings. The minimum atomic E-state index is -0.805. The van der Waals surface area contributed by atoms with Crippen molar-refractivity contribution in [2.24, 2.45) is 0 Å². The highest BCUT2D eigenvalue weighted by molar-refractivity contribution is 5.78. The number of benzene rings is 1. The quantitative estimate of drug-likeness (QED) is 0.759. The molecule has 110 valence electrons. The maximum absolute atomic E-state index is 11.9. The van der Waals surface area contributed by atoms with Crippen molar-refractivity contribution < 1.29 is 14.7 Å². The summed E-state index contributed by atoms with van der Waals surface area (Å²) in [5.41, 5.74) is 1.06. The zero-order valence-corrected chi connectivity index (χ0v) is 12.0. The van der Waals surface area contributed by atoms with Crippen LogP contribution in [0.1, 0.15) is 31.4 Å². The predicted octanol–water partition coefficient (Wildman–Crippen LogP) is 1.66. The summed E-state index contributed by atoms with van der Waals surface area (Å²) in [6.45, 7) is 2.81. The van der Waals surface area contributed by atoms with E-state index < -0.39 is 5.97 Å². The van der Waals surface area contributed by atoms with Gasteiger partial charge in [-0.15, -0.1) is 0 Å². The van der Waals surface area contributed by atoms with E-state index in [0.29, 0.717) is 13.0 Å². The summed E-state index contributed by atoms with van der Waals surface area (Å²) in [6, 6.07) is 9.74. The van der Waals surface area contributed by atoms with E-state index in [0.717, 1.165) is 5.56 Å². The van der Waals surface area contributed by atoms with E-state index in [9.17, 15) is 9.59 Å². The minimum Gasteiger partial charge on any atom is -0.481 e. The van der Waals surface area contributed by atoms with Gasteiger partial charge in [-0.2, -0.15) is 0 Å². The molecule has 2 N–H and O–H groups in total. The first kappa shape index (κ1) is 16.2. The molecular weight excluding hydrogens is 256 g/mol. The fraction of sp³-hybridized carbons (Fsp3) is 0.467. The normalized spacial score (nSPS) is 12.2. The Morgan fingerprint density at radius 1 is 1.30 bits per heavy atom. The molecule has 0 aromatic heterocycles. The lowest BCUT2D eigenvalue weighted by molar-refractivity contribution is -0.137. The van der Waals surface area contributed by atoms with E-state index in [1.165, 1.54) is 0 Å². The smallest absolute Gasteiger partial charge is 0.303 e. The number of rotatable bonds is 8. The van der Waals surface area contributed by atoms with Gasteiger partial charge in [0.2, 0.25) is 5.91 Å². The Morgan fingerprint density at radius 2 is 1.95 bits per heavy atom. The maximum atomic E-state index is 11.9. The molecule has 1 aromatic carbocycles. The molecule has 5 nitrogen and oxygen atoms in total. The summed E-state index contributed by atoms with van der Waals surface area (Å²) < 4.78 is 0. The van der Waals surface area contributed by atoms with Gasteiger partial charge in [0.15, 0.2) is 0 Å². The third kappa shape index (κ3) is 6.33. The summed E-state index contributed by atoms with van der Waals surface area (Å²) in [5, 5.41) is 11.5. The number of hydrogen-bond acceptors (Lipinski definition) is 3. The first-order chi connectivity index (χ1) is 9.49. The third-order valence-electron chi connectivity index (χ3n) is 3.02. The lowest BCUT2D eigenvalue weighted by Crippen LogP contribution is -2.36. The number of carboxylic acids is 1. The summed E-state index contributed by atoms with van der Waals surface area (Å²) >= 11 is 0. The molecule has 0 saturated carbocycles. The van der Waals surface area contributed by atoms with Crippen LogP contribution in [0.25, 0.3) is 0 Å². The van der Waals surface area contributed by atoms with Crippen LogP contribution in [0.4, 0.5) is 0 Å². The van der Waals surface area contributed by atoms with Crippen molar-refractivity contribution in [2.75, 3.05) is 20.1 Å². The number of aliphatic carboxylic acids is 1. The van der Waals surface area contributed by atoms with Crippen molar-refractivity contribution in [3.05, 3.63) is 35.9 Å². The average Bonchev–Trinajstić information content (AvgIpc) is 2.38. The lowest BCUT2D eigenvalue weighted by atomic mass is 10.1. The molecule has 1 amide bonds. The van der Waals surface area contributed by atoms with Crippen LogP contribution >= 0.6 is 0 Å². The average molecular weight is 278 g/mol. The zero-order chi connectivity index (χ0) is 15.0. The Hall–Kier alpha value is -1.88. The van der Waals surface area contributed by atoms with Crippen molar-refractivity contribution in [1.29, 1.82) is 0 Å². The molecule has 5 heteroatoms. The molecule has 0 radical (unpaired) electrons. The van der Waals surface area contributed by atoms with Crippen LogP contribution in [0.2, 0.25) is 0 Å². The second-order valence-corrected chi connectivity index (χ2v) is 4.93. The molecular formula is C15H22N2O3. The summed E-state index contributed by atoms with van der Waals surface area (Å²) in [5.74, 6) is -0.861. The highest BCUT2D eigenvalue weighted by Crippen LogP contribution is 2.10. The van der Waals surface area contributed by atoms with Gasteiger partial charge in [0.1, 0.15) is 0 Å². The van der Waals surface area contributed by atoms with E-state index >= 15 is 0 Å². The molecule has 1 unspecified atom stereocenters. The van der Waals surface area contributed by atoms with Gasteiger partial charge in [-0.05, 0) is 32.5 Å². The number of likely N-dealkylation sites (N-methyl/N-ethyl adjacent to an activating group) is 1. The van der Waals surface area contributed by atoms with E-state index in [1.54, 1.807) is 0 Å². The van der Waals surface area contributed by atoms with Gasteiger partial charge in [-0.3, -0.25) is 14.5 Å². The highest BCUT2D eigenvalue weighted by atomic mass is 16.4. The first-order valence-electron chi connectivity index (χ1n) is 6.73. The highest BCUT2D eigenvalue weighted by Gasteiger charge is 2.11. The third-order valence-corrected chi connectivity index (χ3v) is 3.02. The molecule has 0 heterocycles. The second kappa shape index (κ2) is 8.32. The van der Waals surface area contributed by atoms with Crippen molar-refractivity contribution in [1.82, 2.24) is 10.2 Å². The molecule has 0 aliphatic carbocycles. The van der Waals surface area contributed by atoms with Crippen LogP contribution in [0, 0.1) is 0 Å². The van der Waals surface area contributed by atoms with Crippen LogP contribution in [-0.4, -0.2) is 42.0 Å². The molecule has 1 atom stereocenters. The van der Waals surface area contributed by atoms with Gasteiger partial charge in [0.05, 0.1) is 12.6 Å². The van der Waals surface area contributed by atoms with E-state index in [-0.39, 0.29) is 24.9 Å². The molecule has 1 rings (SSSR count). The Kier molecular flexibility index (Phi) is 6.73.